The lowest BCUT2D eigenvalue weighted by atomic mass is 9.55. The number of benzene rings is 1. The molecule has 1 aliphatic carbocycles. The van der Waals surface area contributed by atoms with Crippen LogP contribution in [0, 0.1) is 11.3 Å². The van der Waals surface area contributed by atoms with Gasteiger partial charge in [-0.15, -0.1) is 0 Å². The zero-order valence-electron chi connectivity index (χ0n) is 12.4. The van der Waals surface area contributed by atoms with Crippen LogP contribution in [0.25, 0.3) is 0 Å². The molecular weight excluding hydrogens is 288 g/mol. The summed E-state index contributed by atoms with van der Waals surface area (Å²) in [6.07, 6.45) is 2.65. The van der Waals surface area contributed by atoms with Gasteiger partial charge in [0.2, 0.25) is 5.91 Å². The van der Waals surface area contributed by atoms with Crippen molar-refractivity contribution in [2.45, 2.75) is 38.8 Å². The molecular formula is C16H21ClN2O2. The SMILES string of the molecule is CC1(C)C(Nc2ccc(C(N)=O)c(Cl)c2)C2CCCOC21. The predicted octanol–water partition coefficient (Wildman–Crippen LogP) is 3.05. The van der Waals surface area contributed by atoms with Crippen LogP contribution in [0.3, 0.4) is 0 Å². The van der Waals surface area contributed by atoms with Crippen LogP contribution in [0.2, 0.25) is 5.02 Å². The molecule has 0 spiro atoms. The minimum absolute atomic E-state index is 0.0971. The molecule has 1 aliphatic heterocycles. The van der Waals surface area contributed by atoms with Crippen LogP contribution < -0.4 is 11.1 Å². The molecule has 0 radical (unpaired) electrons. The third kappa shape index (κ3) is 2.40. The highest BCUT2D eigenvalue weighted by Crippen LogP contribution is 2.52. The van der Waals surface area contributed by atoms with Crippen molar-refractivity contribution >= 4 is 23.2 Å². The highest BCUT2D eigenvalue weighted by molar-refractivity contribution is 6.34. The Morgan fingerprint density at radius 2 is 2.24 bits per heavy atom. The van der Waals surface area contributed by atoms with Crippen LogP contribution in [0.15, 0.2) is 18.2 Å². The number of hydrogen-bond acceptors (Lipinski definition) is 3. The Morgan fingerprint density at radius 1 is 1.48 bits per heavy atom. The molecule has 1 heterocycles. The van der Waals surface area contributed by atoms with Crippen LogP contribution in [0.5, 0.6) is 0 Å². The van der Waals surface area contributed by atoms with Crippen LogP contribution >= 0.6 is 11.6 Å². The molecule has 1 saturated carbocycles. The quantitative estimate of drug-likeness (QED) is 0.902. The Kier molecular flexibility index (Phi) is 3.62. The predicted molar refractivity (Wildman–Crippen MR) is 83.6 cm³/mol. The molecule has 1 amide bonds. The zero-order chi connectivity index (χ0) is 15.2. The van der Waals surface area contributed by atoms with E-state index in [1.165, 1.54) is 6.42 Å². The number of ether oxygens (including phenoxy) is 1. The van der Waals surface area contributed by atoms with Gasteiger partial charge in [-0.25, -0.2) is 0 Å². The maximum atomic E-state index is 11.2. The fourth-order valence-electron chi connectivity index (χ4n) is 3.80. The zero-order valence-corrected chi connectivity index (χ0v) is 13.1. The first-order valence-corrected chi connectivity index (χ1v) is 7.76. The van der Waals surface area contributed by atoms with Gasteiger partial charge in [-0.1, -0.05) is 25.4 Å². The molecule has 2 fully saturated rings. The van der Waals surface area contributed by atoms with Gasteiger partial charge in [-0.2, -0.15) is 0 Å². The number of halogens is 1. The van der Waals surface area contributed by atoms with Gasteiger partial charge < -0.3 is 15.8 Å². The third-order valence-electron chi connectivity index (χ3n) is 4.89. The lowest BCUT2D eigenvalue weighted by molar-refractivity contribution is -0.177. The monoisotopic (exact) mass is 308 g/mol. The standard InChI is InChI=1S/C16H21ClN2O2/c1-16(2)13(11-4-3-7-21-14(11)16)19-9-5-6-10(15(18)20)12(17)8-9/h5-6,8,11,13-14,19H,3-4,7H2,1-2H3,(H2,18,20). The van der Waals surface area contributed by atoms with Crippen molar-refractivity contribution in [1.82, 2.24) is 0 Å². The Morgan fingerprint density at radius 3 is 2.90 bits per heavy atom. The number of anilines is 1. The van der Waals surface area contributed by atoms with Gasteiger partial charge in [0, 0.05) is 29.7 Å². The van der Waals surface area contributed by atoms with Crippen LogP contribution in [0.1, 0.15) is 37.0 Å². The Hall–Kier alpha value is -1.26. The average molecular weight is 309 g/mol. The van der Waals surface area contributed by atoms with Crippen LogP contribution in [-0.2, 0) is 4.74 Å². The molecule has 1 saturated heterocycles. The molecule has 2 aliphatic rings. The number of nitrogens with two attached hydrogens (primary N) is 1. The number of carbonyl (C=O) groups is 1. The number of fused-ring (bicyclic) bond motifs is 1. The summed E-state index contributed by atoms with van der Waals surface area (Å²) < 4.78 is 5.91. The maximum absolute atomic E-state index is 11.2. The van der Waals surface area contributed by atoms with Gasteiger partial charge in [0.05, 0.1) is 16.7 Å². The number of hydrogen-bond donors (Lipinski definition) is 2. The maximum Gasteiger partial charge on any atom is 0.250 e. The molecule has 3 unspecified atom stereocenters. The highest BCUT2D eigenvalue weighted by atomic mass is 35.5. The van der Waals surface area contributed by atoms with Crippen molar-refractivity contribution in [1.29, 1.82) is 0 Å². The number of rotatable bonds is 3. The van der Waals surface area contributed by atoms with Gasteiger partial charge >= 0.3 is 0 Å². The fourth-order valence-corrected chi connectivity index (χ4v) is 4.07. The molecule has 1 aromatic rings. The van der Waals surface area contributed by atoms with Crippen molar-refractivity contribution in [3.8, 4) is 0 Å². The van der Waals surface area contributed by atoms with E-state index in [-0.39, 0.29) is 5.41 Å². The van der Waals surface area contributed by atoms with E-state index >= 15 is 0 Å². The number of nitrogens with one attached hydrogen (secondary N) is 1. The minimum atomic E-state index is -0.503. The summed E-state index contributed by atoms with van der Waals surface area (Å²) in [6, 6.07) is 5.67. The van der Waals surface area contributed by atoms with Gasteiger partial charge in [0.15, 0.2) is 0 Å². The van der Waals surface area contributed by atoms with Gasteiger partial charge in [-0.05, 0) is 31.0 Å². The lowest BCUT2D eigenvalue weighted by Crippen LogP contribution is -2.67. The van der Waals surface area contributed by atoms with E-state index in [2.05, 4.69) is 19.2 Å². The van der Waals surface area contributed by atoms with E-state index in [1.54, 1.807) is 12.1 Å². The summed E-state index contributed by atoms with van der Waals surface area (Å²) in [5, 5.41) is 3.95. The van der Waals surface area contributed by atoms with Crippen LogP contribution in [0.4, 0.5) is 5.69 Å². The van der Waals surface area contributed by atoms with Crippen molar-refractivity contribution in [3.05, 3.63) is 28.8 Å². The summed E-state index contributed by atoms with van der Waals surface area (Å²) in [7, 11) is 0. The second-order valence-electron chi connectivity index (χ2n) is 6.60. The Labute approximate surface area is 130 Å². The number of carbonyl (C=O) groups excluding carboxylic acids is 1. The van der Waals surface area contributed by atoms with E-state index in [0.29, 0.717) is 28.6 Å². The second-order valence-corrected chi connectivity index (χ2v) is 7.01. The van der Waals surface area contributed by atoms with Crippen molar-refractivity contribution in [3.63, 3.8) is 0 Å². The molecule has 3 atom stereocenters. The molecule has 5 heteroatoms. The van der Waals surface area contributed by atoms with E-state index in [1.807, 2.05) is 6.07 Å². The summed E-state index contributed by atoms with van der Waals surface area (Å²) in [4.78, 5) is 11.2. The van der Waals surface area contributed by atoms with Crippen molar-refractivity contribution in [2.24, 2.45) is 17.1 Å². The molecule has 114 valence electrons. The van der Waals surface area contributed by atoms with Gasteiger partial charge in [0.25, 0.3) is 0 Å². The topological polar surface area (TPSA) is 64.3 Å². The van der Waals surface area contributed by atoms with Crippen molar-refractivity contribution < 1.29 is 9.53 Å². The molecule has 0 aromatic heterocycles. The van der Waals surface area contributed by atoms with E-state index in [4.69, 9.17) is 22.1 Å². The first kappa shape index (κ1) is 14.7. The fraction of sp³-hybridized carbons (Fsp3) is 0.562. The first-order chi connectivity index (χ1) is 9.91. The lowest BCUT2D eigenvalue weighted by Gasteiger charge is -2.60. The van der Waals surface area contributed by atoms with E-state index in [0.717, 1.165) is 18.7 Å². The molecule has 4 nitrogen and oxygen atoms in total. The van der Waals surface area contributed by atoms with Crippen LogP contribution in [-0.4, -0.2) is 24.7 Å². The number of amides is 1. The van der Waals surface area contributed by atoms with Crippen molar-refractivity contribution in [2.75, 3.05) is 11.9 Å². The van der Waals surface area contributed by atoms with Gasteiger partial charge in [-0.3, -0.25) is 4.79 Å². The van der Waals surface area contributed by atoms with E-state index in [9.17, 15) is 4.79 Å². The molecule has 21 heavy (non-hydrogen) atoms. The molecule has 3 N–H and O–H groups in total. The van der Waals surface area contributed by atoms with E-state index < -0.39 is 5.91 Å². The second kappa shape index (κ2) is 5.18. The molecule has 1 aromatic carbocycles. The first-order valence-electron chi connectivity index (χ1n) is 7.39. The minimum Gasteiger partial charge on any atom is -0.381 e. The summed E-state index contributed by atoms with van der Waals surface area (Å²) in [5.74, 6) is 0.0413. The normalized spacial score (nSPS) is 30.1. The highest BCUT2D eigenvalue weighted by Gasteiger charge is 2.57. The molecule has 0 bridgehead atoms. The number of primary amides is 1. The smallest absolute Gasteiger partial charge is 0.250 e. The Bertz CT molecular complexity index is 573. The molecule has 3 rings (SSSR count). The summed E-state index contributed by atoms with van der Waals surface area (Å²) >= 11 is 6.11. The largest absolute Gasteiger partial charge is 0.381 e. The summed E-state index contributed by atoms with van der Waals surface area (Å²) in [5.41, 5.74) is 6.65. The average Bonchev–Trinajstić information content (AvgIpc) is 2.44. The summed E-state index contributed by atoms with van der Waals surface area (Å²) in [6.45, 7) is 5.34. The van der Waals surface area contributed by atoms with Gasteiger partial charge in [0.1, 0.15) is 0 Å². The Balaban J connectivity index is 1.77. The third-order valence-corrected chi connectivity index (χ3v) is 5.20.